The maximum Gasteiger partial charge on any atom is 0.266 e. The summed E-state index contributed by atoms with van der Waals surface area (Å²) in [6.07, 6.45) is 2.61. The first-order valence-electron chi connectivity index (χ1n) is 9.05. The van der Waals surface area contributed by atoms with E-state index in [1.165, 1.54) is 0 Å². The van der Waals surface area contributed by atoms with Gasteiger partial charge in [-0.15, -0.1) is 0 Å². The van der Waals surface area contributed by atoms with Crippen LogP contribution in [0.25, 0.3) is 11.5 Å². The Hall–Kier alpha value is -3.46. The molecule has 0 amide bonds. The number of aromatic nitrogens is 6. The van der Waals surface area contributed by atoms with Gasteiger partial charge in [0.2, 0.25) is 0 Å². The lowest BCUT2D eigenvalue weighted by Crippen LogP contribution is -2.34. The molecule has 9 nitrogen and oxygen atoms in total. The second kappa shape index (κ2) is 6.61. The van der Waals surface area contributed by atoms with E-state index < -0.39 is 6.10 Å². The number of anilines is 1. The van der Waals surface area contributed by atoms with Crippen LogP contribution >= 0.6 is 0 Å². The van der Waals surface area contributed by atoms with Crippen LogP contribution in [0.15, 0.2) is 53.3 Å². The number of aryl methyl sites for hydroxylation is 1. The fourth-order valence-electron chi connectivity index (χ4n) is 3.41. The highest BCUT2D eigenvalue weighted by atomic mass is 16.5. The smallest absolute Gasteiger partial charge is 0.266 e. The zero-order chi connectivity index (χ0) is 19.1. The van der Waals surface area contributed by atoms with Crippen molar-refractivity contribution >= 4 is 5.95 Å². The lowest BCUT2D eigenvalue weighted by atomic mass is 10.2. The number of benzene rings is 1. The van der Waals surface area contributed by atoms with Crippen LogP contribution in [0.2, 0.25) is 0 Å². The zero-order valence-electron chi connectivity index (χ0n) is 15.3. The average molecular weight is 377 g/mol. The van der Waals surface area contributed by atoms with E-state index >= 15 is 0 Å². The highest BCUT2D eigenvalue weighted by Crippen LogP contribution is 2.25. The first-order valence-corrected chi connectivity index (χ1v) is 9.05. The molecular weight excluding hydrogens is 358 g/mol. The van der Waals surface area contributed by atoms with Gasteiger partial charge < -0.3 is 19.1 Å². The minimum absolute atomic E-state index is 0.501. The third kappa shape index (κ3) is 2.85. The number of nitrogens with zero attached hydrogens (tertiary/aromatic N) is 7. The largest absolute Gasteiger partial charge is 0.379 e. The number of imidazole rings is 1. The predicted octanol–water partition coefficient (Wildman–Crippen LogP) is 1.77. The number of aliphatic hydroxyl groups excluding tert-OH is 1. The summed E-state index contributed by atoms with van der Waals surface area (Å²) in [6, 6.07) is 11.6. The van der Waals surface area contributed by atoms with Crippen molar-refractivity contribution in [1.29, 1.82) is 0 Å². The summed E-state index contributed by atoms with van der Waals surface area (Å²) in [5, 5.41) is 19.3. The summed E-state index contributed by atoms with van der Waals surface area (Å²) in [7, 11) is 1.85. The van der Waals surface area contributed by atoms with E-state index in [9.17, 15) is 5.11 Å². The van der Waals surface area contributed by atoms with Gasteiger partial charge in [0.05, 0.1) is 24.5 Å². The van der Waals surface area contributed by atoms with Gasteiger partial charge in [0.15, 0.2) is 6.10 Å². The number of aliphatic hydroxyl groups is 1. The summed E-state index contributed by atoms with van der Waals surface area (Å²) in [5.41, 5.74) is 2.47. The molecule has 142 valence electrons. The van der Waals surface area contributed by atoms with E-state index in [0.717, 1.165) is 11.3 Å². The van der Waals surface area contributed by atoms with E-state index in [1.807, 2.05) is 53.0 Å². The molecule has 1 aromatic carbocycles. The molecule has 1 N–H and O–H groups in total. The third-order valence-electron chi connectivity index (χ3n) is 4.92. The Labute approximate surface area is 160 Å². The first kappa shape index (κ1) is 16.7. The van der Waals surface area contributed by atoms with E-state index in [-0.39, 0.29) is 0 Å². The minimum atomic E-state index is -0.860. The molecule has 5 rings (SSSR count). The van der Waals surface area contributed by atoms with E-state index in [4.69, 9.17) is 4.52 Å². The summed E-state index contributed by atoms with van der Waals surface area (Å²) in [5.74, 6) is 1.62. The van der Waals surface area contributed by atoms with Crippen molar-refractivity contribution in [3.63, 3.8) is 0 Å². The van der Waals surface area contributed by atoms with E-state index in [0.29, 0.717) is 43.0 Å². The number of fused-ring (bicyclic) bond motifs is 1. The summed E-state index contributed by atoms with van der Waals surface area (Å²) in [6.45, 7) is 1.98. The molecule has 4 heterocycles. The molecule has 28 heavy (non-hydrogen) atoms. The Balaban J connectivity index is 1.37. The Bertz CT molecular complexity index is 1100. The molecule has 0 aliphatic carbocycles. The summed E-state index contributed by atoms with van der Waals surface area (Å²) < 4.78 is 9.13. The van der Waals surface area contributed by atoms with Crippen LogP contribution < -0.4 is 4.90 Å². The molecule has 4 aromatic rings. The van der Waals surface area contributed by atoms with Crippen molar-refractivity contribution in [2.24, 2.45) is 7.05 Å². The lowest BCUT2D eigenvalue weighted by molar-refractivity contribution is 0.200. The van der Waals surface area contributed by atoms with Crippen LogP contribution in [0, 0.1) is 0 Å². The van der Waals surface area contributed by atoms with Crippen molar-refractivity contribution in [2.45, 2.75) is 19.2 Å². The maximum absolute atomic E-state index is 10.6. The van der Waals surface area contributed by atoms with Gasteiger partial charge in [-0.1, -0.05) is 18.2 Å². The van der Waals surface area contributed by atoms with Crippen molar-refractivity contribution < 1.29 is 9.63 Å². The molecule has 3 aromatic heterocycles. The van der Waals surface area contributed by atoms with Crippen LogP contribution in [0.1, 0.15) is 23.3 Å². The van der Waals surface area contributed by atoms with Crippen LogP contribution in [0.4, 0.5) is 5.95 Å². The number of rotatable bonds is 4. The van der Waals surface area contributed by atoms with Crippen molar-refractivity contribution in [3.05, 3.63) is 66.0 Å². The number of hydrogen-bond acceptors (Lipinski definition) is 7. The van der Waals surface area contributed by atoms with E-state index in [1.54, 1.807) is 17.0 Å². The zero-order valence-corrected chi connectivity index (χ0v) is 15.3. The molecule has 0 bridgehead atoms. The molecule has 0 radical (unpaired) electrons. The standard InChI is InChI=1S/C19H19N7O2/c1-24-8-7-20-17(24)16(27)15-11-14-12-25(9-10-26(14)22-15)19-21-18(28-23-19)13-5-3-2-4-6-13/h2-8,11,16,27H,9-10,12H2,1H3/t16-/m1/s1. The molecule has 1 aliphatic rings. The monoisotopic (exact) mass is 377 g/mol. The third-order valence-corrected chi connectivity index (χ3v) is 4.92. The van der Waals surface area contributed by atoms with Gasteiger partial charge in [0.25, 0.3) is 11.8 Å². The second-order valence-electron chi connectivity index (χ2n) is 6.77. The second-order valence-corrected chi connectivity index (χ2v) is 6.77. The Kier molecular flexibility index (Phi) is 3.94. The molecule has 0 unspecified atom stereocenters. The molecule has 0 fully saturated rings. The molecule has 0 saturated carbocycles. The molecule has 0 spiro atoms. The SMILES string of the molecule is Cn1ccnc1[C@H](O)c1cc2n(n1)CCN(c1noc(-c3ccccc3)n1)C2. The van der Waals surface area contributed by atoms with Crippen LogP contribution in [-0.2, 0) is 20.1 Å². The Morgan fingerprint density at radius 2 is 2.04 bits per heavy atom. The molecule has 1 atom stereocenters. The van der Waals surface area contributed by atoms with Crippen molar-refractivity contribution in [3.8, 4) is 11.5 Å². The van der Waals surface area contributed by atoms with Gasteiger partial charge in [-0.25, -0.2) is 4.98 Å². The first-order chi connectivity index (χ1) is 13.7. The molecule has 1 aliphatic heterocycles. The lowest BCUT2D eigenvalue weighted by Gasteiger charge is -2.25. The number of hydrogen-bond donors (Lipinski definition) is 1. The Morgan fingerprint density at radius 3 is 2.82 bits per heavy atom. The van der Waals surface area contributed by atoms with Gasteiger partial charge >= 0.3 is 0 Å². The fourth-order valence-corrected chi connectivity index (χ4v) is 3.41. The van der Waals surface area contributed by atoms with Gasteiger partial charge in [-0.3, -0.25) is 4.68 Å². The summed E-state index contributed by atoms with van der Waals surface area (Å²) >= 11 is 0. The Morgan fingerprint density at radius 1 is 1.18 bits per heavy atom. The van der Waals surface area contributed by atoms with Crippen molar-refractivity contribution in [1.82, 2.24) is 29.5 Å². The fraction of sp³-hybridized carbons (Fsp3) is 0.263. The average Bonchev–Trinajstić information content (AvgIpc) is 3.46. The van der Waals surface area contributed by atoms with Crippen LogP contribution in [0.5, 0.6) is 0 Å². The van der Waals surface area contributed by atoms with Gasteiger partial charge in [-0.2, -0.15) is 10.1 Å². The van der Waals surface area contributed by atoms with Crippen LogP contribution in [-0.4, -0.2) is 41.1 Å². The van der Waals surface area contributed by atoms with E-state index in [2.05, 4.69) is 20.2 Å². The normalized spacial score (nSPS) is 14.9. The molecule has 9 heteroatoms. The maximum atomic E-state index is 10.6. The predicted molar refractivity (Wildman–Crippen MR) is 100 cm³/mol. The quantitative estimate of drug-likeness (QED) is 0.579. The van der Waals surface area contributed by atoms with Gasteiger partial charge in [0.1, 0.15) is 5.82 Å². The van der Waals surface area contributed by atoms with Crippen LogP contribution in [0.3, 0.4) is 0 Å². The minimum Gasteiger partial charge on any atom is -0.379 e. The van der Waals surface area contributed by atoms with Gasteiger partial charge in [0, 0.05) is 31.5 Å². The van der Waals surface area contributed by atoms with Crippen molar-refractivity contribution in [2.75, 3.05) is 11.4 Å². The topological polar surface area (TPSA) is 98.0 Å². The van der Waals surface area contributed by atoms with Gasteiger partial charge in [-0.05, 0) is 23.4 Å². The highest BCUT2D eigenvalue weighted by molar-refractivity contribution is 5.54. The summed E-state index contributed by atoms with van der Waals surface area (Å²) in [4.78, 5) is 10.8. The molecular formula is C19H19N7O2. The highest BCUT2D eigenvalue weighted by Gasteiger charge is 2.25. The molecule has 0 saturated heterocycles.